The van der Waals surface area contributed by atoms with Crippen molar-refractivity contribution in [2.75, 3.05) is 11.1 Å². The van der Waals surface area contributed by atoms with E-state index in [1.165, 1.54) is 17.8 Å². The summed E-state index contributed by atoms with van der Waals surface area (Å²) >= 11 is 9.61. The first-order chi connectivity index (χ1) is 15.5. The molecule has 0 radical (unpaired) electrons. The van der Waals surface area contributed by atoms with Gasteiger partial charge in [0.1, 0.15) is 0 Å². The van der Waals surface area contributed by atoms with Gasteiger partial charge in [0.15, 0.2) is 11.0 Å². The van der Waals surface area contributed by atoms with Crippen LogP contribution in [0.1, 0.15) is 18.3 Å². The lowest BCUT2D eigenvalue weighted by molar-refractivity contribution is -0.116. The van der Waals surface area contributed by atoms with Gasteiger partial charge in [0, 0.05) is 26.9 Å². The van der Waals surface area contributed by atoms with Gasteiger partial charge < -0.3 is 15.2 Å². The maximum Gasteiger partial charge on any atom is 0.244 e. The van der Waals surface area contributed by atoms with E-state index in [4.69, 9.17) is 11.6 Å². The summed E-state index contributed by atoms with van der Waals surface area (Å²) in [6.07, 6.45) is 3.09. The fourth-order valence-electron chi connectivity index (χ4n) is 2.74. The monoisotopic (exact) mass is 581 g/mol. The smallest absolute Gasteiger partial charge is 0.244 e. The summed E-state index contributed by atoms with van der Waals surface area (Å²) in [5, 5.41) is 15.2. The van der Waals surface area contributed by atoms with Crippen LogP contribution in [0, 0.1) is 3.57 Å². The number of nitrogens with one attached hydrogen (secondary N) is 2. The number of rotatable bonds is 9. The lowest BCUT2D eigenvalue weighted by Crippen LogP contribution is -2.22. The van der Waals surface area contributed by atoms with Crippen molar-refractivity contribution in [3.63, 3.8) is 0 Å². The molecule has 0 saturated carbocycles. The average Bonchev–Trinajstić information content (AvgIpc) is 3.19. The quantitative estimate of drug-likeness (QED) is 0.219. The molecule has 0 aliphatic rings. The molecule has 2 amide bonds. The van der Waals surface area contributed by atoms with E-state index in [2.05, 4.69) is 43.4 Å². The third-order valence-corrected chi connectivity index (χ3v) is 6.34. The molecule has 1 heterocycles. The highest BCUT2D eigenvalue weighted by Gasteiger charge is 2.14. The minimum absolute atomic E-state index is 0.124. The van der Waals surface area contributed by atoms with Gasteiger partial charge in [0.05, 0.1) is 12.3 Å². The largest absolute Gasteiger partial charge is 0.345 e. The molecular weight excluding hydrogens is 561 g/mol. The number of nitrogens with zero attached hydrogens (tertiary/aromatic N) is 3. The zero-order valence-corrected chi connectivity index (χ0v) is 20.9. The number of benzene rings is 2. The van der Waals surface area contributed by atoms with E-state index < -0.39 is 0 Å². The van der Waals surface area contributed by atoms with E-state index in [0.717, 1.165) is 14.8 Å². The van der Waals surface area contributed by atoms with Crippen LogP contribution in [0.15, 0.2) is 59.8 Å². The summed E-state index contributed by atoms with van der Waals surface area (Å²) in [4.78, 5) is 24.4. The SMILES string of the molecule is CCn1c(CNC(=O)/C=C/c2ccccc2Cl)nnc1SCC(=O)Nc1ccc(I)cc1. The summed E-state index contributed by atoms with van der Waals surface area (Å²) in [6, 6.07) is 14.9. The van der Waals surface area contributed by atoms with Crippen LogP contribution < -0.4 is 10.6 Å². The second-order valence-corrected chi connectivity index (χ2v) is 9.15. The summed E-state index contributed by atoms with van der Waals surface area (Å²) in [7, 11) is 0. The predicted octanol–water partition coefficient (Wildman–Crippen LogP) is 4.62. The van der Waals surface area contributed by atoms with Crippen molar-refractivity contribution in [3.05, 3.63) is 74.6 Å². The highest BCUT2D eigenvalue weighted by molar-refractivity contribution is 14.1. The molecule has 0 spiro atoms. The normalized spacial score (nSPS) is 11.0. The number of carbonyl (C=O) groups is 2. The molecule has 32 heavy (non-hydrogen) atoms. The van der Waals surface area contributed by atoms with Crippen LogP contribution in [0.4, 0.5) is 5.69 Å². The Morgan fingerprint density at radius 2 is 1.91 bits per heavy atom. The number of amides is 2. The number of thioether (sulfide) groups is 1. The van der Waals surface area contributed by atoms with Crippen molar-refractivity contribution >= 4 is 69.5 Å². The maximum absolute atomic E-state index is 12.2. The van der Waals surface area contributed by atoms with E-state index in [1.807, 2.05) is 54.0 Å². The van der Waals surface area contributed by atoms with Crippen molar-refractivity contribution < 1.29 is 9.59 Å². The number of halogens is 2. The molecule has 10 heteroatoms. The van der Waals surface area contributed by atoms with E-state index >= 15 is 0 Å². The van der Waals surface area contributed by atoms with Crippen LogP contribution in [-0.2, 0) is 22.7 Å². The highest BCUT2D eigenvalue weighted by atomic mass is 127. The Morgan fingerprint density at radius 1 is 1.16 bits per heavy atom. The lowest BCUT2D eigenvalue weighted by atomic mass is 10.2. The van der Waals surface area contributed by atoms with Gasteiger partial charge in [-0.3, -0.25) is 9.59 Å². The standard InChI is InChI=1S/C22H21ClIN5O2S/c1-2-29-19(13-25-20(30)12-7-15-5-3-4-6-18(15)23)27-28-22(29)32-14-21(31)26-17-10-8-16(24)9-11-17/h3-12H,2,13-14H2,1H3,(H,25,30)(H,26,31)/b12-7+. The van der Waals surface area contributed by atoms with Crippen LogP contribution in [0.25, 0.3) is 6.08 Å². The molecule has 0 aliphatic carbocycles. The van der Waals surface area contributed by atoms with E-state index in [9.17, 15) is 9.59 Å². The molecule has 0 saturated heterocycles. The molecule has 0 bridgehead atoms. The minimum atomic E-state index is -0.262. The zero-order chi connectivity index (χ0) is 22.9. The molecule has 0 unspecified atom stereocenters. The molecule has 0 atom stereocenters. The van der Waals surface area contributed by atoms with Gasteiger partial charge in [-0.1, -0.05) is 41.6 Å². The Hall–Kier alpha value is -2.37. The van der Waals surface area contributed by atoms with Crippen LogP contribution in [0.3, 0.4) is 0 Å². The van der Waals surface area contributed by atoms with Gasteiger partial charge in [-0.25, -0.2) is 0 Å². The first kappa shape index (κ1) is 24.3. The number of aromatic nitrogens is 3. The lowest BCUT2D eigenvalue weighted by Gasteiger charge is -2.08. The Kier molecular flexibility index (Phi) is 9.12. The van der Waals surface area contributed by atoms with Crippen molar-refractivity contribution in [2.45, 2.75) is 25.2 Å². The Bertz CT molecular complexity index is 1120. The summed E-state index contributed by atoms with van der Waals surface area (Å²) < 4.78 is 2.98. The fraction of sp³-hybridized carbons (Fsp3) is 0.182. The number of anilines is 1. The Balaban J connectivity index is 1.52. The summed E-state index contributed by atoms with van der Waals surface area (Å²) in [5.74, 6) is 0.437. The molecule has 2 N–H and O–H groups in total. The van der Waals surface area contributed by atoms with Gasteiger partial charge in [0.2, 0.25) is 11.8 Å². The summed E-state index contributed by atoms with van der Waals surface area (Å²) in [6.45, 7) is 2.80. The molecule has 1 aromatic heterocycles. The van der Waals surface area contributed by atoms with Gasteiger partial charge >= 0.3 is 0 Å². The Morgan fingerprint density at radius 3 is 2.62 bits per heavy atom. The van der Waals surface area contributed by atoms with Gasteiger partial charge in [-0.05, 0) is 71.5 Å². The molecule has 3 aromatic rings. The average molecular weight is 582 g/mol. The van der Waals surface area contributed by atoms with Gasteiger partial charge in [-0.2, -0.15) is 0 Å². The van der Waals surface area contributed by atoms with Gasteiger partial charge in [-0.15, -0.1) is 10.2 Å². The second-order valence-electron chi connectivity index (χ2n) is 6.56. The molecular formula is C22H21ClIN5O2S. The summed E-state index contributed by atoms with van der Waals surface area (Å²) in [5.41, 5.74) is 1.52. The molecule has 7 nitrogen and oxygen atoms in total. The second kappa shape index (κ2) is 12.0. The highest BCUT2D eigenvalue weighted by Crippen LogP contribution is 2.19. The fourth-order valence-corrected chi connectivity index (χ4v) is 4.11. The Labute approximate surface area is 209 Å². The van der Waals surface area contributed by atoms with E-state index in [-0.39, 0.29) is 24.1 Å². The number of hydrogen-bond donors (Lipinski definition) is 2. The third-order valence-electron chi connectivity index (χ3n) is 4.31. The maximum atomic E-state index is 12.2. The first-order valence-corrected chi connectivity index (χ1v) is 12.2. The van der Waals surface area contributed by atoms with Crippen molar-refractivity contribution in [3.8, 4) is 0 Å². The number of carbonyl (C=O) groups excluding carboxylic acids is 2. The molecule has 0 aliphatic heterocycles. The first-order valence-electron chi connectivity index (χ1n) is 9.77. The van der Waals surface area contributed by atoms with Crippen LogP contribution in [0.5, 0.6) is 0 Å². The topological polar surface area (TPSA) is 88.9 Å². The van der Waals surface area contributed by atoms with Gasteiger partial charge in [0.25, 0.3) is 0 Å². The molecule has 166 valence electrons. The van der Waals surface area contributed by atoms with Crippen LogP contribution in [-0.4, -0.2) is 32.3 Å². The third kappa shape index (κ3) is 7.07. The molecule has 0 fully saturated rings. The zero-order valence-electron chi connectivity index (χ0n) is 17.2. The minimum Gasteiger partial charge on any atom is -0.345 e. The van der Waals surface area contributed by atoms with Crippen molar-refractivity contribution in [1.29, 1.82) is 0 Å². The number of hydrogen-bond acceptors (Lipinski definition) is 5. The van der Waals surface area contributed by atoms with Crippen molar-refractivity contribution in [1.82, 2.24) is 20.1 Å². The van der Waals surface area contributed by atoms with E-state index in [1.54, 1.807) is 12.1 Å². The van der Waals surface area contributed by atoms with Crippen molar-refractivity contribution in [2.24, 2.45) is 0 Å². The predicted molar refractivity (Wildman–Crippen MR) is 137 cm³/mol. The molecule has 2 aromatic carbocycles. The van der Waals surface area contributed by atoms with Crippen LogP contribution >= 0.6 is 46.0 Å². The van der Waals surface area contributed by atoms with Crippen LogP contribution in [0.2, 0.25) is 5.02 Å². The van der Waals surface area contributed by atoms with E-state index in [0.29, 0.717) is 22.5 Å². The molecule has 3 rings (SSSR count).